The van der Waals surface area contributed by atoms with Gasteiger partial charge in [-0.15, -0.1) is 11.3 Å². The summed E-state index contributed by atoms with van der Waals surface area (Å²) in [5.41, 5.74) is 4.23. The SMILES string of the molecule is CCCCCCCCCC(NN)c1csc(Br)c1. The highest BCUT2D eigenvalue weighted by molar-refractivity contribution is 9.11. The molecule has 0 aliphatic heterocycles. The zero-order valence-corrected chi connectivity index (χ0v) is 13.7. The van der Waals surface area contributed by atoms with Crippen LogP contribution in [0.1, 0.15) is 69.9 Å². The van der Waals surface area contributed by atoms with Crippen LogP contribution in [0.4, 0.5) is 0 Å². The second kappa shape index (κ2) is 9.96. The van der Waals surface area contributed by atoms with Crippen LogP contribution in [0, 0.1) is 0 Å². The van der Waals surface area contributed by atoms with Crippen LogP contribution in [-0.4, -0.2) is 0 Å². The third-order valence-corrected chi connectivity index (χ3v) is 4.81. The summed E-state index contributed by atoms with van der Waals surface area (Å²) in [6.45, 7) is 2.26. The monoisotopic (exact) mass is 332 g/mol. The minimum Gasteiger partial charge on any atom is -0.271 e. The van der Waals surface area contributed by atoms with Crippen molar-refractivity contribution in [2.24, 2.45) is 5.84 Å². The molecule has 0 aliphatic carbocycles. The van der Waals surface area contributed by atoms with Crippen LogP contribution in [0.25, 0.3) is 0 Å². The van der Waals surface area contributed by atoms with Crippen molar-refractivity contribution in [3.05, 3.63) is 20.8 Å². The highest BCUT2D eigenvalue weighted by Gasteiger charge is 2.10. The molecule has 0 amide bonds. The van der Waals surface area contributed by atoms with Gasteiger partial charge in [0, 0.05) is 6.04 Å². The Morgan fingerprint density at radius 2 is 1.89 bits per heavy atom. The second-order valence-corrected chi connectivity index (χ2v) is 7.10. The van der Waals surface area contributed by atoms with E-state index in [2.05, 4.69) is 39.7 Å². The number of unbranched alkanes of at least 4 members (excludes halogenated alkanes) is 6. The van der Waals surface area contributed by atoms with Crippen molar-refractivity contribution < 1.29 is 0 Å². The zero-order chi connectivity index (χ0) is 13.2. The van der Waals surface area contributed by atoms with E-state index in [0.717, 1.165) is 6.42 Å². The minimum absolute atomic E-state index is 0.309. The fourth-order valence-corrected chi connectivity index (χ4v) is 3.39. The Morgan fingerprint density at radius 3 is 2.44 bits per heavy atom. The van der Waals surface area contributed by atoms with Gasteiger partial charge in [0.1, 0.15) is 0 Å². The number of hydrogen-bond donors (Lipinski definition) is 2. The molecule has 4 heteroatoms. The van der Waals surface area contributed by atoms with Crippen molar-refractivity contribution in [2.75, 3.05) is 0 Å². The molecule has 0 aliphatic rings. The topological polar surface area (TPSA) is 38.0 Å². The van der Waals surface area contributed by atoms with Crippen molar-refractivity contribution >= 4 is 27.3 Å². The number of halogens is 1. The van der Waals surface area contributed by atoms with Crippen LogP contribution >= 0.6 is 27.3 Å². The molecule has 0 bridgehead atoms. The van der Waals surface area contributed by atoms with Crippen molar-refractivity contribution in [1.29, 1.82) is 0 Å². The normalized spacial score (nSPS) is 12.8. The molecule has 1 rings (SSSR count). The molecule has 1 aromatic heterocycles. The molecule has 18 heavy (non-hydrogen) atoms. The van der Waals surface area contributed by atoms with E-state index in [1.165, 1.54) is 54.3 Å². The predicted molar refractivity (Wildman–Crippen MR) is 84.7 cm³/mol. The van der Waals surface area contributed by atoms with Gasteiger partial charge < -0.3 is 0 Å². The highest BCUT2D eigenvalue weighted by Crippen LogP contribution is 2.27. The molecule has 0 radical (unpaired) electrons. The largest absolute Gasteiger partial charge is 0.271 e. The molecule has 0 fully saturated rings. The highest BCUT2D eigenvalue weighted by atomic mass is 79.9. The lowest BCUT2D eigenvalue weighted by molar-refractivity contribution is 0.476. The van der Waals surface area contributed by atoms with Gasteiger partial charge in [-0.25, -0.2) is 0 Å². The molecule has 0 aromatic carbocycles. The van der Waals surface area contributed by atoms with E-state index in [4.69, 9.17) is 5.84 Å². The third kappa shape index (κ3) is 6.32. The first-order valence-electron chi connectivity index (χ1n) is 6.98. The molecule has 1 heterocycles. The standard InChI is InChI=1S/C14H25BrN2S/c1-2-3-4-5-6-7-8-9-13(17-16)12-10-14(15)18-11-12/h10-11,13,17H,2-9,16H2,1H3. The lowest BCUT2D eigenvalue weighted by Gasteiger charge is -2.14. The van der Waals surface area contributed by atoms with Gasteiger partial charge in [-0.3, -0.25) is 11.3 Å². The van der Waals surface area contributed by atoms with Gasteiger partial charge in [0.25, 0.3) is 0 Å². The Bertz CT molecular complexity index is 314. The fraction of sp³-hybridized carbons (Fsp3) is 0.714. The molecular formula is C14H25BrN2S. The van der Waals surface area contributed by atoms with Gasteiger partial charge in [-0.2, -0.15) is 0 Å². The molecular weight excluding hydrogens is 308 g/mol. The van der Waals surface area contributed by atoms with Gasteiger partial charge in [-0.05, 0) is 39.4 Å². The van der Waals surface area contributed by atoms with Crippen LogP contribution in [0.3, 0.4) is 0 Å². The number of thiophene rings is 1. The Hall–Kier alpha value is 0.100. The molecule has 1 aromatic rings. The number of hydrazine groups is 1. The van der Waals surface area contributed by atoms with Gasteiger partial charge >= 0.3 is 0 Å². The van der Waals surface area contributed by atoms with Gasteiger partial charge in [0.15, 0.2) is 0 Å². The lowest BCUT2D eigenvalue weighted by atomic mass is 10.0. The minimum atomic E-state index is 0.309. The molecule has 2 nitrogen and oxygen atoms in total. The maximum Gasteiger partial charge on any atom is 0.0701 e. The Balaban J connectivity index is 2.13. The predicted octanol–water partition coefficient (Wildman–Crippen LogP) is 5.16. The lowest BCUT2D eigenvalue weighted by Crippen LogP contribution is -2.27. The first kappa shape index (κ1) is 16.2. The van der Waals surface area contributed by atoms with Crippen LogP contribution in [0.2, 0.25) is 0 Å². The number of nitrogens with two attached hydrogens (primary N) is 1. The first-order valence-corrected chi connectivity index (χ1v) is 8.65. The summed E-state index contributed by atoms with van der Waals surface area (Å²) in [7, 11) is 0. The molecule has 3 N–H and O–H groups in total. The maximum absolute atomic E-state index is 5.63. The Kier molecular flexibility index (Phi) is 8.94. The quantitative estimate of drug-likeness (QED) is 0.353. The van der Waals surface area contributed by atoms with E-state index >= 15 is 0 Å². The van der Waals surface area contributed by atoms with Crippen molar-refractivity contribution in [2.45, 2.75) is 64.3 Å². The summed E-state index contributed by atoms with van der Waals surface area (Å²) in [6, 6.07) is 2.47. The average molecular weight is 333 g/mol. The summed E-state index contributed by atoms with van der Waals surface area (Å²) in [5.74, 6) is 5.63. The third-order valence-electron chi connectivity index (χ3n) is 3.29. The Morgan fingerprint density at radius 1 is 1.22 bits per heavy atom. The Labute approximate surface area is 123 Å². The van der Waals surface area contributed by atoms with E-state index < -0.39 is 0 Å². The van der Waals surface area contributed by atoms with E-state index in [1.807, 2.05) is 0 Å². The molecule has 0 spiro atoms. The van der Waals surface area contributed by atoms with Crippen LogP contribution in [-0.2, 0) is 0 Å². The zero-order valence-electron chi connectivity index (χ0n) is 11.3. The molecule has 0 saturated heterocycles. The molecule has 1 unspecified atom stereocenters. The summed E-state index contributed by atoms with van der Waals surface area (Å²) < 4.78 is 1.18. The summed E-state index contributed by atoms with van der Waals surface area (Å²) in [6.07, 6.45) is 10.6. The fourth-order valence-electron chi connectivity index (χ4n) is 2.16. The average Bonchev–Trinajstić information content (AvgIpc) is 2.79. The van der Waals surface area contributed by atoms with Crippen molar-refractivity contribution in [1.82, 2.24) is 5.43 Å². The van der Waals surface area contributed by atoms with Crippen LogP contribution in [0.15, 0.2) is 15.2 Å². The molecule has 1 atom stereocenters. The summed E-state index contributed by atoms with van der Waals surface area (Å²) in [5, 5.41) is 2.18. The molecule has 104 valence electrons. The van der Waals surface area contributed by atoms with Crippen LogP contribution < -0.4 is 11.3 Å². The van der Waals surface area contributed by atoms with Gasteiger partial charge in [0.2, 0.25) is 0 Å². The van der Waals surface area contributed by atoms with Crippen molar-refractivity contribution in [3.63, 3.8) is 0 Å². The number of rotatable bonds is 10. The van der Waals surface area contributed by atoms with Crippen LogP contribution in [0.5, 0.6) is 0 Å². The van der Waals surface area contributed by atoms with E-state index in [9.17, 15) is 0 Å². The van der Waals surface area contributed by atoms with Gasteiger partial charge in [-0.1, -0.05) is 51.9 Å². The maximum atomic E-state index is 5.63. The van der Waals surface area contributed by atoms with E-state index in [0.29, 0.717) is 6.04 Å². The number of hydrogen-bond acceptors (Lipinski definition) is 3. The number of nitrogens with one attached hydrogen (secondary N) is 1. The van der Waals surface area contributed by atoms with E-state index in [-0.39, 0.29) is 0 Å². The first-order chi connectivity index (χ1) is 8.77. The van der Waals surface area contributed by atoms with Gasteiger partial charge in [0.05, 0.1) is 3.79 Å². The summed E-state index contributed by atoms with van der Waals surface area (Å²) in [4.78, 5) is 0. The summed E-state index contributed by atoms with van der Waals surface area (Å²) >= 11 is 5.22. The van der Waals surface area contributed by atoms with Crippen molar-refractivity contribution in [3.8, 4) is 0 Å². The molecule has 0 saturated carbocycles. The van der Waals surface area contributed by atoms with E-state index in [1.54, 1.807) is 11.3 Å². The second-order valence-electron chi connectivity index (χ2n) is 4.81. The smallest absolute Gasteiger partial charge is 0.0701 e.